The number of hydrogen-bond donors (Lipinski definition) is 1. The van der Waals surface area contributed by atoms with Gasteiger partial charge in [-0.1, -0.05) is 0 Å². The molecule has 1 aromatic rings. The van der Waals surface area contributed by atoms with Crippen LogP contribution < -0.4 is 5.56 Å². The van der Waals surface area contributed by atoms with Crippen LogP contribution >= 0.6 is 0 Å². The Bertz CT molecular complexity index is 464. The van der Waals surface area contributed by atoms with E-state index in [9.17, 15) is 9.59 Å². The minimum absolute atomic E-state index is 0.0892. The molecule has 0 aromatic carbocycles. The molecule has 1 aliphatic heterocycles. The number of nitrogens with zero attached hydrogens (tertiary/aromatic N) is 1. The average Bonchev–Trinajstić information content (AvgIpc) is 2.66. The van der Waals surface area contributed by atoms with Crippen molar-refractivity contribution in [1.82, 2.24) is 9.88 Å². The lowest BCUT2D eigenvalue weighted by molar-refractivity contribution is -0.129. The maximum absolute atomic E-state index is 11.5. The van der Waals surface area contributed by atoms with Crippen molar-refractivity contribution in [3.8, 4) is 0 Å². The van der Waals surface area contributed by atoms with Gasteiger partial charge in [-0.15, -0.1) is 0 Å². The lowest BCUT2D eigenvalue weighted by Gasteiger charge is -2.24. The highest BCUT2D eigenvalue weighted by Crippen LogP contribution is 2.32. The van der Waals surface area contributed by atoms with Gasteiger partial charge in [-0.3, -0.25) is 9.59 Å². The summed E-state index contributed by atoms with van der Waals surface area (Å²) in [5, 5.41) is 0. The Morgan fingerprint density at radius 2 is 2.25 bits per heavy atom. The van der Waals surface area contributed by atoms with Crippen LogP contribution in [-0.4, -0.2) is 22.3 Å². The number of aromatic nitrogens is 1. The number of amides is 1. The van der Waals surface area contributed by atoms with E-state index in [0.29, 0.717) is 0 Å². The van der Waals surface area contributed by atoms with Crippen LogP contribution in [0.2, 0.25) is 0 Å². The Kier molecular flexibility index (Phi) is 2.81. The van der Waals surface area contributed by atoms with Crippen LogP contribution in [0.15, 0.2) is 16.9 Å². The molecule has 86 valence electrons. The van der Waals surface area contributed by atoms with Crippen LogP contribution in [0.5, 0.6) is 0 Å². The molecule has 1 saturated heterocycles. The summed E-state index contributed by atoms with van der Waals surface area (Å²) in [6.45, 7) is 4.30. The molecule has 0 spiro atoms. The fraction of sp³-hybridized carbons (Fsp3) is 0.500. The van der Waals surface area contributed by atoms with Crippen LogP contribution in [0, 0.1) is 6.92 Å². The van der Waals surface area contributed by atoms with Crippen molar-refractivity contribution in [3.05, 3.63) is 33.7 Å². The molecule has 1 aromatic heterocycles. The summed E-state index contributed by atoms with van der Waals surface area (Å²) < 4.78 is 0. The van der Waals surface area contributed by atoms with Gasteiger partial charge in [0.2, 0.25) is 11.5 Å². The molecule has 1 aliphatic rings. The molecule has 16 heavy (non-hydrogen) atoms. The third kappa shape index (κ3) is 1.87. The smallest absolute Gasteiger partial charge is 0.248 e. The van der Waals surface area contributed by atoms with Gasteiger partial charge in [0, 0.05) is 25.2 Å². The number of aromatic amines is 1. The second-order valence-electron chi connectivity index (χ2n) is 4.27. The second kappa shape index (κ2) is 4.12. The molecule has 0 bridgehead atoms. The Morgan fingerprint density at radius 3 is 2.88 bits per heavy atom. The van der Waals surface area contributed by atoms with Gasteiger partial charge in [-0.25, -0.2) is 0 Å². The van der Waals surface area contributed by atoms with E-state index in [4.69, 9.17) is 0 Å². The molecular formula is C12H16N2O2. The zero-order chi connectivity index (χ0) is 11.7. The number of H-pyrrole nitrogens is 1. The normalized spacial score (nSPS) is 20.1. The van der Waals surface area contributed by atoms with Gasteiger partial charge in [-0.05, 0) is 31.4 Å². The van der Waals surface area contributed by atoms with E-state index >= 15 is 0 Å². The van der Waals surface area contributed by atoms with Crippen molar-refractivity contribution in [2.45, 2.75) is 32.7 Å². The van der Waals surface area contributed by atoms with Crippen LogP contribution in [-0.2, 0) is 4.79 Å². The predicted octanol–water partition coefficient (Wildman–Crippen LogP) is 1.37. The maximum Gasteiger partial charge on any atom is 0.248 e. The van der Waals surface area contributed by atoms with E-state index in [2.05, 4.69) is 4.98 Å². The van der Waals surface area contributed by atoms with Gasteiger partial charge < -0.3 is 9.88 Å². The van der Waals surface area contributed by atoms with Gasteiger partial charge in [0.05, 0.1) is 6.04 Å². The summed E-state index contributed by atoms with van der Waals surface area (Å²) in [5.74, 6) is 0.105. The molecule has 1 amide bonds. The van der Waals surface area contributed by atoms with Gasteiger partial charge in [0.25, 0.3) is 0 Å². The molecule has 0 radical (unpaired) electrons. The first-order valence-corrected chi connectivity index (χ1v) is 5.56. The molecule has 0 aliphatic carbocycles. The number of pyridine rings is 1. The van der Waals surface area contributed by atoms with Gasteiger partial charge in [-0.2, -0.15) is 0 Å². The molecular weight excluding hydrogens is 204 g/mol. The first kappa shape index (κ1) is 10.9. The summed E-state index contributed by atoms with van der Waals surface area (Å²) in [5.41, 5.74) is 1.84. The highest BCUT2D eigenvalue weighted by atomic mass is 16.2. The molecule has 0 unspecified atom stereocenters. The first-order valence-electron chi connectivity index (χ1n) is 5.56. The summed E-state index contributed by atoms with van der Waals surface area (Å²) in [4.78, 5) is 27.3. The van der Waals surface area contributed by atoms with E-state index in [1.54, 1.807) is 6.92 Å². The Morgan fingerprint density at radius 1 is 1.50 bits per heavy atom. The van der Waals surface area contributed by atoms with E-state index in [1.807, 2.05) is 17.9 Å². The molecule has 1 fully saturated rings. The van der Waals surface area contributed by atoms with Crippen LogP contribution in [0.3, 0.4) is 0 Å². The second-order valence-corrected chi connectivity index (χ2v) is 4.27. The first-order chi connectivity index (χ1) is 7.59. The summed E-state index contributed by atoms with van der Waals surface area (Å²) in [7, 11) is 0. The van der Waals surface area contributed by atoms with Crippen molar-refractivity contribution in [3.63, 3.8) is 0 Å². The SMILES string of the molecule is CC(=O)N1CCC[C@@H]1c1ccc(=O)[nH]c1C. The number of carbonyl (C=O) groups excluding carboxylic acids is 1. The average molecular weight is 220 g/mol. The fourth-order valence-electron chi connectivity index (χ4n) is 2.42. The summed E-state index contributed by atoms with van der Waals surface area (Å²) in [6.07, 6.45) is 2.01. The van der Waals surface area contributed by atoms with Crippen LogP contribution in [0.1, 0.15) is 37.1 Å². The van der Waals surface area contributed by atoms with Crippen LogP contribution in [0.25, 0.3) is 0 Å². The maximum atomic E-state index is 11.5. The number of hydrogen-bond acceptors (Lipinski definition) is 2. The Balaban J connectivity index is 2.36. The number of rotatable bonds is 1. The zero-order valence-electron chi connectivity index (χ0n) is 9.62. The third-order valence-corrected chi connectivity index (χ3v) is 3.17. The van der Waals surface area contributed by atoms with Crippen molar-refractivity contribution in [2.24, 2.45) is 0 Å². The monoisotopic (exact) mass is 220 g/mol. The Hall–Kier alpha value is -1.58. The van der Waals surface area contributed by atoms with Crippen molar-refractivity contribution in [1.29, 1.82) is 0 Å². The molecule has 4 heteroatoms. The number of aryl methyl sites for hydroxylation is 1. The van der Waals surface area contributed by atoms with E-state index in [0.717, 1.165) is 30.6 Å². The van der Waals surface area contributed by atoms with Crippen molar-refractivity contribution >= 4 is 5.91 Å². The fourth-order valence-corrected chi connectivity index (χ4v) is 2.42. The largest absolute Gasteiger partial charge is 0.336 e. The molecule has 2 rings (SSSR count). The third-order valence-electron chi connectivity index (χ3n) is 3.17. The highest BCUT2D eigenvalue weighted by Gasteiger charge is 2.28. The number of likely N-dealkylation sites (tertiary alicyclic amines) is 1. The van der Waals surface area contributed by atoms with E-state index in [1.165, 1.54) is 6.07 Å². The quantitative estimate of drug-likeness (QED) is 0.777. The van der Waals surface area contributed by atoms with Gasteiger partial charge in [0.1, 0.15) is 0 Å². The zero-order valence-corrected chi connectivity index (χ0v) is 9.62. The lowest BCUT2D eigenvalue weighted by atomic mass is 10.0. The number of carbonyl (C=O) groups is 1. The van der Waals surface area contributed by atoms with Gasteiger partial charge >= 0.3 is 0 Å². The summed E-state index contributed by atoms with van der Waals surface area (Å²) >= 11 is 0. The standard InChI is InChI=1S/C12H16N2O2/c1-8-10(5-6-12(16)13-8)11-4-3-7-14(11)9(2)15/h5-6,11H,3-4,7H2,1-2H3,(H,13,16)/t11-/m1/s1. The van der Waals surface area contributed by atoms with Crippen molar-refractivity contribution < 1.29 is 4.79 Å². The van der Waals surface area contributed by atoms with E-state index < -0.39 is 0 Å². The highest BCUT2D eigenvalue weighted by molar-refractivity contribution is 5.74. The van der Waals surface area contributed by atoms with E-state index in [-0.39, 0.29) is 17.5 Å². The topological polar surface area (TPSA) is 53.2 Å². The Labute approximate surface area is 94.3 Å². The lowest BCUT2D eigenvalue weighted by Crippen LogP contribution is -2.29. The molecule has 0 saturated carbocycles. The number of nitrogens with one attached hydrogen (secondary N) is 1. The predicted molar refractivity (Wildman–Crippen MR) is 61.2 cm³/mol. The molecule has 1 N–H and O–H groups in total. The summed E-state index contributed by atoms with van der Waals surface area (Å²) in [6, 6.07) is 3.49. The minimum Gasteiger partial charge on any atom is -0.336 e. The molecule has 1 atom stereocenters. The van der Waals surface area contributed by atoms with Gasteiger partial charge in [0.15, 0.2) is 0 Å². The van der Waals surface area contributed by atoms with Crippen molar-refractivity contribution in [2.75, 3.05) is 6.54 Å². The molecule has 4 nitrogen and oxygen atoms in total. The minimum atomic E-state index is -0.0892. The molecule has 2 heterocycles. The van der Waals surface area contributed by atoms with Crippen LogP contribution in [0.4, 0.5) is 0 Å².